The van der Waals surface area contributed by atoms with Gasteiger partial charge in [-0.2, -0.15) is 0 Å². The SMILES string of the molecule is CC[C@H](Oc1ccccc1)C(=O)N[C@H](C)c1ccc(C)cc1C. The Morgan fingerprint density at radius 2 is 1.83 bits per heavy atom. The smallest absolute Gasteiger partial charge is 0.261 e. The maximum atomic E-state index is 12.5. The number of rotatable bonds is 6. The number of ether oxygens (including phenoxy) is 1. The number of para-hydroxylation sites is 1. The molecule has 0 unspecified atom stereocenters. The van der Waals surface area contributed by atoms with Crippen LogP contribution < -0.4 is 10.1 Å². The lowest BCUT2D eigenvalue weighted by Gasteiger charge is -2.22. The Hall–Kier alpha value is -2.29. The Bertz CT molecular complexity index is 652. The summed E-state index contributed by atoms with van der Waals surface area (Å²) in [5.41, 5.74) is 3.55. The highest BCUT2D eigenvalue weighted by Crippen LogP contribution is 2.19. The van der Waals surface area contributed by atoms with Crippen molar-refractivity contribution in [2.75, 3.05) is 0 Å². The summed E-state index contributed by atoms with van der Waals surface area (Å²) >= 11 is 0. The molecule has 0 spiro atoms. The molecule has 2 aromatic carbocycles. The zero-order chi connectivity index (χ0) is 16.8. The topological polar surface area (TPSA) is 38.3 Å². The van der Waals surface area contributed by atoms with Crippen LogP contribution in [0, 0.1) is 13.8 Å². The Morgan fingerprint density at radius 1 is 1.13 bits per heavy atom. The van der Waals surface area contributed by atoms with E-state index in [2.05, 4.69) is 37.4 Å². The first-order chi connectivity index (χ1) is 11.0. The summed E-state index contributed by atoms with van der Waals surface area (Å²) in [4.78, 5) is 12.5. The molecule has 0 bridgehead atoms. The van der Waals surface area contributed by atoms with Crippen molar-refractivity contribution in [3.8, 4) is 5.75 Å². The number of amides is 1. The fourth-order valence-electron chi connectivity index (χ4n) is 2.68. The molecule has 0 aliphatic carbocycles. The average Bonchev–Trinajstić information content (AvgIpc) is 2.53. The summed E-state index contributed by atoms with van der Waals surface area (Å²) in [7, 11) is 0. The molecule has 0 aliphatic rings. The molecular weight excluding hydrogens is 286 g/mol. The number of carbonyl (C=O) groups excluding carboxylic acids is 1. The van der Waals surface area contributed by atoms with Gasteiger partial charge in [0.1, 0.15) is 5.75 Å². The first-order valence-electron chi connectivity index (χ1n) is 8.10. The Kier molecular flexibility index (Phi) is 5.80. The van der Waals surface area contributed by atoms with Gasteiger partial charge >= 0.3 is 0 Å². The van der Waals surface area contributed by atoms with Gasteiger partial charge in [-0.3, -0.25) is 4.79 Å². The molecule has 2 rings (SSSR count). The number of carbonyl (C=O) groups is 1. The van der Waals surface area contributed by atoms with Crippen molar-refractivity contribution >= 4 is 5.91 Å². The molecule has 122 valence electrons. The minimum atomic E-state index is -0.481. The zero-order valence-corrected chi connectivity index (χ0v) is 14.3. The molecule has 0 heterocycles. The van der Waals surface area contributed by atoms with Crippen LogP contribution >= 0.6 is 0 Å². The number of benzene rings is 2. The van der Waals surface area contributed by atoms with Crippen molar-refractivity contribution in [2.24, 2.45) is 0 Å². The maximum Gasteiger partial charge on any atom is 0.261 e. The number of hydrogen-bond donors (Lipinski definition) is 1. The van der Waals surface area contributed by atoms with Crippen LogP contribution in [0.15, 0.2) is 48.5 Å². The van der Waals surface area contributed by atoms with E-state index >= 15 is 0 Å². The van der Waals surface area contributed by atoms with Crippen molar-refractivity contribution < 1.29 is 9.53 Å². The third-order valence-electron chi connectivity index (χ3n) is 3.94. The molecule has 0 saturated heterocycles. The fraction of sp³-hybridized carbons (Fsp3) is 0.350. The molecule has 23 heavy (non-hydrogen) atoms. The van der Waals surface area contributed by atoms with E-state index in [1.54, 1.807) is 0 Å². The van der Waals surface area contributed by atoms with E-state index < -0.39 is 6.10 Å². The molecule has 3 heteroatoms. The predicted octanol–water partition coefficient (Wildman–Crippen LogP) is 4.34. The molecule has 1 N–H and O–H groups in total. The van der Waals surface area contributed by atoms with Crippen molar-refractivity contribution in [3.05, 3.63) is 65.2 Å². The lowest BCUT2D eigenvalue weighted by Crippen LogP contribution is -2.39. The van der Waals surface area contributed by atoms with Crippen LogP contribution in [-0.4, -0.2) is 12.0 Å². The number of nitrogens with one attached hydrogen (secondary N) is 1. The second kappa shape index (κ2) is 7.82. The van der Waals surface area contributed by atoms with Crippen LogP contribution in [0.5, 0.6) is 5.75 Å². The van der Waals surface area contributed by atoms with Crippen molar-refractivity contribution in [1.29, 1.82) is 0 Å². The Balaban J connectivity index is 2.03. The molecule has 0 aliphatic heterocycles. The first kappa shape index (κ1) is 17.1. The molecule has 2 aromatic rings. The standard InChI is InChI=1S/C20H25NO2/c1-5-19(23-17-9-7-6-8-10-17)20(22)21-16(4)18-12-11-14(2)13-15(18)3/h6-13,16,19H,5H2,1-4H3,(H,21,22)/t16-,19+/m1/s1. The van der Waals surface area contributed by atoms with E-state index in [0.717, 1.165) is 5.56 Å². The van der Waals surface area contributed by atoms with Crippen LogP contribution in [0.2, 0.25) is 0 Å². The largest absolute Gasteiger partial charge is 0.481 e. The van der Waals surface area contributed by atoms with Gasteiger partial charge in [0.05, 0.1) is 6.04 Å². The van der Waals surface area contributed by atoms with Gasteiger partial charge in [0, 0.05) is 0 Å². The highest BCUT2D eigenvalue weighted by Gasteiger charge is 2.21. The Labute approximate surface area is 138 Å². The van der Waals surface area contributed by atoms with Gasteiger partial charge in [-0.25, -0.2) is 0 Å². The summed E-state index contributed by atoms with van der Waals surface area (Å²) in [6.07, 6.45) is 0.144. The molecule has 0 saturated carbocycles. The average molecular weight is 311 g/mol. The summed E-state index contributed by atoms with van der Waals surface area (Å²) in [6.45, 7) is 8.10. The highest BCUT2D eigenvalue weighted by molar-refractivity contribution is 5.81. The molecule has 0 radical (unpaired) electrons. The lowest BCUT2D eigenvalue weighted by molar-refractivity contribution is -0.128. The van der Waals surface area contributed by atoms with E-state index in [-0.39, 0.29) is 11.9 Å². The second-order valence-corrected chi connectivity index (χ2v) is 5.92. The van der Waals surface area contributed by atoms with E-state index in [9.17, 15) is 4.79 Å². The molecule has 0 fully saturated rings. The molecule has 0 aromatic heterocycles. The summed E-state index contributed by atoms with van der Waals surface area (Å²) in [5.74, 6) is 0.637. The van der Waals surface area contributed by atoms with E-state index in [4.69, 9.17) is 4.74 Å². The van der Waals surface area contributed by atoms with Crippen molar-refractivity contribution in [2.45, 2.75) is 46.3 Å². The van der Waals surface area contributed by atoms with Crippen LogP contribution in [-0.2, 0) is 4.79 Å². The van der Waals surface area contributed by atoms with Crippen LogP contribution in [0.1, 0.15) is 43.0 Å². The number of aryl methyl sites for hydroxylation is 2. The fourth-order valence-corrected chi connectivity index (χ4v) is 2.68. The molecular formula is C20H25NO2. The van der Waals surface area contributed by atoms with Gasteiger partial charge in [0.2, 0.25) is 0 Å². The lowest BCUT2D eigenvalue weighted by atomic mass is 10.00. The minimum absolute atomic E-state index is 0.0449. The van der Waals surface area contributed by atoms with Gasteiger partial charge in [-0.05, 0) is 50.5 Å². The van der Waals surface area contributed by atoms with Gasteiger partial charge in [0.25, 0.3) is 5.91 Å². The summed E-state index contributed by atoms with van der Waals surface area (Å²) in [5, 5.41) is 3.06. The van der Waals surface area contributed by atoms with E-state index in [1.165, 1.54) is 11.1 Å². The van der Waals surface area contributed by atoms with Crippen molar-refractivity contribution in [3.63, 3.8) is 0 Å². The third-order valence-corrected chi connectivity index (χ3v) is 3.94. The van der Waals surface area contributed by atoms with Gasteiger partial charge in [-0.1, -0.05) is 48.9 Å². The van der Waals surface area contributed by atoms with Crippen molar-refractivity contribution in [1.82, 2.24) is 5.32 Å². The Morgan fingerprint density at radius 3 is 2.43 bits per heavy atom. The zero-order valence-electron chi connectivity index (χ0n) is 14.3. The minimum Gasteiger partial charge on any atom is -0.481 e. The van der Waals surface area contributed by atoms with E-state index in [1.807, 2.05) is 44.2 Å². The molecule has 1 amide bonds. The van der Waals surface area contributed by atoms with Gasteiger partial charge < -0.3 is 10.1 Å². The van der Waals surface area contributed by atoms with Gasteiger partial charge in [0.15, 0.2) is 6.10 Å². The molecule has 3 nitrogen and oxygen atoms in total. The second-order valence-electron chi connectivity index (χ2n) is 5.92. The third kappa shape index (κ3) is 4.59. The van der Waals surface area contributed by atoms with Crippen LogP contribution in [0.25, 0.3) is 0 Å². The first-order valence-corrected chi connectivity index (χ1v) is 8.10. The quantitative estimate of drug-likeness (QED) is 0.862. The van der Waals surface area contributed by atoms with E-state index in [0.29, 0.717) is 12.2 Å². The summed E-state index contributed by atoms with van der Waals surface area (Å²) in [6, 6.07) is 15.7. The normalized spacial score (nSPS) is 13.2. The van der Waals surface area contributed by atoms with Crippen LogP contribution in [0.3, 0.4) is 0 Å². The predicted molar refractivity (Wildman–Crippen MR) is 93.6 cm³/mol. The monoisotopic (exact) mass is 311 g/mol. The van der Waals surface area contributed by atoms with Crippen LogP contribution in [0.4, 0.5) is 0 Å². The van der Waals surface area contributed by atoms with Gasteiger partial charge in [-0.15, -0.1) is 0 Å². The highest BCUT2D eigenvalue weighted by atomic mass is 16.5. The molecule has 2 atom stereocenters. The number of hydrogen-bond acceptors (Lipinski definition) is 2. The summed E-state index contributed by atoms with van der Waals surface area (Å²) < 4.78 is 5.80. The maximum absolute atomic E-state index is 12.5.